The number of methoxy groups -OCH3 is 1. The van der Waals surface area contributed by atoms with Crippen LogP contribution >= 0.6 is 0 Å². The van der Waals surface area contributed by atoms with Crippen molar-refractivity contribution in [2.24, 2.45) is 11.8 Å². The van der Waals surface area contributed by atoms with E-state index < -0.39 is 0 Å². The molecule has 1 fully saturated rings. The van der Waals surface area contributed by atoms with Crippen LogP contribution in [0.5, 0.6) is 0 Å². The Morgan fingerprint density at radius 3 is 3.14 bits per heavy atom. The molecule has 1 N–H and O–H groups in total. The molecule has 78 valence electrons. The zero-order valence-corrected chi connectivity index (χ0v) is 8.10. The van der Waals surface area contributed by atoms with Crippen LogP contribution in [0.25, 0.3) is 0 Å². The summed E-state index contributed by atoms with van der Waals surface area (Å²) in [6.07, 6.45) is 2.26. The lowest BCUT2D eigenvalue weighted by molar-refractivity contribution is -0.153. The largest absolute Gasteiger partial charge is 0.465 e. The van der Waals surface area contributed by atoms with Gasteiger partial charge in [-0.25, -0.2) is 0 Å². The van der Waals surface area contributed by atoms with E-state index in [1.807, 2.05) is 6.08 Å². The molecule has 0 aromatic rings. The van der Waals surface area contributed by atoms with Crippen molar-refractivity contribution in [3.63, 3.8) is 0 Å². The number of ether oxygens (including phenoxy) is 2. The third kappa shape index (κ3) is 1.44. The molecule has 2 aliphatic rings. The molecule has 0 radical (unpaired) electrons. The number of aliphatic hydroxyl groups is 1. The van der Waals surface area contributed by atoms with Gasteiger partial charge in [-0.2, -0.15) is 0 Å². The molecule has 4 heteroatoms. The summed E-state index contributed by atoms with van der Waals surface area (Å²) in [5, 5.41) is 9.12. The number of rotatable bonds is 2. The summed E-state index contributed by atoms with van der Waals surface area (Å²) >= 11 is 0. The van der Waals surface area contributed by atoms with Crippen LogP contribution in [-0.2, 0) is 14.3 Å². The lowest BCUT2D eigenvalue weighted by Crippen LogP contribution is -2.34. The SMILES string of the molecule is CO[C@@H]1C=C(CO)[C@H]2COC(=O)C[C@@H]21. The van der Waals surface area contributed by atoms with E-state index in [2.05, 4.69) is 0 Å². The van der Waals surface area contributed by atoms with Crippen molar-refractivity contribution in [1.29, 1.82) is 0 Å². The van der Waals surface area contributed by atoms with Gasteiger partial charge in [-0.05, 0) is 5.57 Å². The molecule has 0 aromatic carbocycles. The maximum Gasteiger partial charge on any atom is 0.306 e. The predicted molar refractivity (Wildman–Crippen MR) is 48.5 cm³/mol. The van der Waals surface area contributed by atoms with Crippen molar-refractivity contribution in [1.82, 2.24) is 0 Å². The van der Waals surface area contributed by atoms with E-state index in [4.69, 9.17) is 14.6 Å². The lowest BCUT2D eigenvalue weighted by atomic mass is 9.86. The summed E-state index contributed by atoms with van der Waals surface area (Å²) in [5.41, 5.74) is 0.939. The number of hydrogen-bond donors (Lipinski definition) is 1. The van der Waals surface area contributed by atoms with Gasteiger partial charge in [-0.3, -0.25) is 4.79 Å². The molecule has 0 bridgehead atoms. The molecule has 0 saturated carbocycles. The summed E-state index contributed by atoms with van der Waals surface area (Å²) in [6.45, 7) is 0.411. The molecule has 1 saturated heterocycles. The zero-order valence-electron chi connectivity index (χ0n) is 8.10. The lowest BCUT2D eigenvalue weighted by Gasteiger charge is -2.29. The molecule has 0 unspecified atom stereocenters. The molecule has 4 nitrogen and oxygen atoms in total. The summed E-state index contributed by atoms with van der Waals surface area (Å²) < 4.78 is 10.2. The molecule has 2 rings (SSSR count). The Morgan fingerprint density at radius 2 is 2.50 bits per heavy atom. The first-order valence-corrected chi connectivity index (χ1v) is 4.76. The van der Waals surface area contributed by atoms with Gasteiger partial charge < -0.3 is 14.6 Å². The van der Waals surface area contributed by atoms with E-state index in [0.717, 1.165) is 5.57 Å². The second-order valence-electron chi connectivity index (χ2n) is 3.76. The van der Waals surface area contributed by atoms with Crippen molar-refractivity contribution in [2.45, 2.75) is 12.5 Å². The Kier molecular flexibility index (Phi) is 2.56. The Hall–Kier alpha value is -0.870. The second kappa shape index (κ2) is 3.71. The van der Waals surface area contributed by atoms with Crippen LogP contribution in [0.3, 0.4) is 0 Å². The van der Waals surface area contributed by atoms with Gasteiger partial charge in [0.1, 0.15) is 0 Å². The van der Waals surface area contributed by atoms with Crippen LogP contribution in [0.2, 0.25) is 0 Å². The Morgan fingerprint density at radius 1 is 1.71 bits per heavy atom. The summed E-state index contributed by atoms with van der Waals surface area (Å²) in [4.78, 5) is 11.1. The standard InChI is InChI=1S/C10H14O4/c1-13-9-2-6(4-11)8-5-14-10(12)3-7(8)9/h2,7-9,11H,3-5H2,1H3/t7-,8+,9+/m0/s1. The van der Waals surface area contributed by atoms with E-state index in [1.54, 1.807) is 7.11 Å². The van der Waals surface area contributed by atoms with Crippen LogP contribution in [0.15, 0.2) is 11.6 Å². The number of carbonyl (C=O) groups excluding carboxylic acids is 1. The van der Waals surface area contributed by atoms with Gasteiger partial charge in [0.05, 0.1) is 25.7 Å². The molecule has 1 aliphatic carbocycles. The average molecular weight is 198 g/mol. The van der Waals surface area contributed by atoms with E-state index in [-0.39, 0.29) is 30.5 Å². The Bertz CT molecular complexity index is 271. The highest BCUT2D eigenvalue weighted by Gasteiger charge is 2.42. The fourth-order valence-electron chi connectivity index (χ4n) is 2.30. The van der Waals surface area contributed by atoms with Gasteiger partial charge in [0.15, 0.2) is 0 Å². The minimum Gasteiger partial charge on any atom is -0.465 e. The zero-order chi connectivity index (χ0) is 10.1. The van der Waals surface area contributed by atoms with Crippen molar-refractivity contribution in [2.75, 3.05) is 20.3 Å². The minimum atomic E-state index is -0.166. The Balaban J connectivity index is 2.16. The molecule has 3 atom stereocenters. The van der Waals surface area contributed by atoms with Crippen LogP contribution in [-0.4, -0.2) is 37.5 Å². The van der Waals surface area contributed by atoms with Gasteiger partial charge in [-0.15, -0.1) is 0 Å². The van der Waals surface area contributed by atoms with Gasteiger partial charge in [-0.1, -0.05) is 6.08 Å². The first-order chi connectivity index (χ1) is 6.76. The highest BCUT2D eigenvalue weighted by atomic mass is 16.5. The molecule has 14 heavy (non-hydrogen) atoms. The quantitative estimate of drug-likeness (QED) is 0.505. The number of aliphatic hydroxyl groups excluding tert-OH is 1. The van der Waals surface area contributed by atoms with Gasteiger partial charge in [0.2, 0.25) is 0 Å². The maximum atomic E-state index is 11.1. The third-order valence-corrected chi connectivity index (χ3v) is 3.07. The predicted octanol–water partition coefficient (Wildman–Crippen LogP) is 0.113. The topological polar surface area (TPSA) is 55.8 Å². The summed E-state index contributed by atoms with van der Waals surface area (Å²) in [5.74, 6) is 0.145. The van der Waals surface area contributed by atoms with Crippen molar-refractivity contribution in [3.05, 3.63) is 11.6 Å². The number of carbonyl (C=O) groups is 1. The first-order valence-electron chi connectivity index (χ1n) is 4.76. The molecule has 1 aliphatic heterocycles. The third-order valence-electron chi connectivity index (χ3n) is 3.07. The summed E-state index contributed by atoms with van der Waals surface area (Å²) in [7, 11) is 1.62. The minimum absolute atomic E-state index is 0.0264. The van der Waals surface area contributed by atoms with E-state index >= 15 is 0 Å². The molecule has 0 amide bonds. The normalized spacial score (nSPS) is 36.3. The number of fused-ring (bicyclic) bond motifs is 1. The molecular formula is C10H14O4. The highest BCUT2D eigenvalue weighted by Crippen LogP contribution is 2.38. The molecule has 0 spiro atoms. The van der Waals surface area contributed by atoms with Crippen molar-refractivity contribution >= 4 is 5.97 Å². The van der Waals surface area contributed by atoms with Crippen molar-refractivity contribution < 1.29 is 19.4 Å². The van der Waals surface area contributed by atoms with Crippen molar-refractivity contribution in [3.8, 4) is 0 Å². The average Bonchev–Trinajstić information content (AvgIpc) is 2.55. The van der Waals surface area contributed by atoms with E-state index in [9.17, 15) is 4.79 Å². The number of hydrogen-bond acceptors (Lipinski definition) is 4. The fraction of sp³-hybridized carbons (Fsp3) is 0.700. The van der Waals surface area contributed by atoms with Crippen LogP contribution in [0.4, 0.5) is 0 Å². The van der Waals surface area contributed by atoms with Gasteiger partial charge in [0.25, 0.3) is 0 Å². The number of esters is 1. The molecule has 1 heterocycles. The second-order valence-corrected chi connectivity index (χ2v) is 3.76. The first kappa shape index (κ1) is 9.68. The monoisotopic (exact) mass is 198 g/mol. The highest BCUT2D eigenvalue weighted by molar-refractivity contribution is 5.71. The maximum absolute atomic E-state index is 11.1. The van der Waals surface area contributed by atoms with Crippen LogP contribution in [0.1, 0.15) is 6.42 Å². The van der Waals surface area contributed by atoms with Crippen LogP contribution in [0, 0.1) is 11.8 Å². The van der Waals surface area contributed by atoms with E-state index in [0.29, 0.717) is 13.0 Å². The molecular weight excluding hydrogens is 184 g/mol. The summed E-state index contributed by atoms with van der Waals surface area (Å²) in [6, 6.07) is 0. The van der Waals surface area contributed by atoms with Gasteiger partial charge >= 0.3 is 5.97 Å². The Labute approximate surface area is 82.5 Å². The smallest absolute Gasteiger partial charge is 0.306 e. The van der Waals surface area contributed by atoms with Crippen LogP contribution < -0.4 is 0 Å². The fourth-order valence-corrected chi connectivity index (χ4v) is 2.30. The molecule has 0 aromatic heterocycles. The van der Waals surface area contributed by atoms with E-state index in [1.165, 1.54) is 0 Å². The number of cyclic esters (lactones) is 1. The van der Waals surface area contributed by atoms with Gasteiger partial charge in [0, 0.05) is 18.9 Å².